The van der Waals surface area contributed by atoms with Crippen molar-refractivity contribution < 1.29 is 19.4 Å². The van der Waals surface area contributed by atoms with Crippen LogP contribution in [-0.2, 0) is 10.4 Å². The molecule has 1 aliphatic heterocycles. The van der Waals surface area contributed by atoms with Gasteiger partial charge in [-0.25, -0.2) is 5.43 Å². The lowest BCUT2D eigenvalue weighted by Gasteiger charge is -2.27. The number of nitrogens with one attached hydrogen (secondary N) is 1. The molecule has 0 unspecified atom stereocenters. The first-order valence-corrected chi connectivity index (χ1v) is 9.64. The lowest BCUT2D eigenvalue weighted by atomic mass is 9.85. The number of aliphatic hydroxyl groups is 1. The maximum Gasteiger partial charge on any atom is 0.281 e. The monoisotopic (exact) mass is 452 g/mol. The number of hydrogen-bond acceptors (Lipinski definition) is 5. The Morgan fingerprint density at radius 2 is 1.55 bits per heavy atom. The van der Waals surface area contributed by atoms with E-state index in [1.807, 2.05) is 12.1 Å². The molecule has 1 aliphatic rings. The molecule has 3 aromatic rings. The van der Waals surface area contributed by atoms with E-state index in [0.717, 1.165) is 4.47 Å². The second kappa shape index (κ2) is 8.06. The normalized spacial score (nSPS) is 12.9. The zero-order valence-electron chi connectivity index (χ0n) is 15.2. The van der Waals surface area contributed by atoms with Crippen molar-refractivity contribution >= 4 is 28.1 Å². The number of hydrazone groups is 1. The third kappa shape index (κ3) is 3.74. The van der Waals surface area contributed by atoms with E-state index in [4.69, 9.17) is 9.47 Å². The molecule has 0 saturated carbocycles. The standard InChI is InChI=1S/C22H17BrN2O4/c23-18-12-20-19(28-14-29-20)11-15(18)13-24-25-21(26)22(27,16-7-3-1-4-8-16)17-9-5-2-6-10-17/h1-13,27H,14H2,(H,25,26)/b24-13-. The zero-order valence-corrected chi connectivity index (χ0v) is 16.8. The highest BCUT2D eigenvalue weighted by Gasteiger charge is 2.39. The van der Waals surface area contributed by atoms with Crippen LogP contribution in [0.15, 0.2) is 82.4 Å². The summed E-state index contributed by atoms with van der Waals surface area (Å²) < 4.78 is 11.4. The Bertz CT molecular complexity index is 1020. The Hall–Kier alpha value is -3.16. The summed E-state index contributed by atoms with van der Waals surface area (Å²) in [5.74, 6) is 0.578. The van der Waals surface area contributed by atoms with E-state index in [-0.39, 0.29) is 6.79 Å². The molecule has 0 bridgehead atoms. The first-order chi connectivity index (χ1) is 14.1. The van der Waals surface area contributed by atoms with Crippen molar-refractivity contribution in [3.05, 3.63) is 94.0 Å². The van der Waals surface area contributed by atoms with E-state index in [0.29, 0.717) is 28.2 Å². The maximum atomic E-state index is 13.0. The van der Waals surface area contributed by atoms with Gasteiger partial charge in [-0.1, -0.05) is 60.7 Å². The molecule has 146 valence electrons. The minimum Gasteiger partial charge on any atom is -0.454 e. The van der Waals surface area contributed by atoms with Crippen molar-refractivity contribution in [3.63, 3.8) is 0 Å². The van der Waals surface area contributed by atoms with E-state index < -0.39 is 11.5 Å². The van der Waals surface area contributed by atoms with E-state index >= 15 is 0 Å². The third-order valence-corrected chi connectivity index (χ3v) is 5.26. The summed E-state index contributed by atoms with van der Waals surface area (Å²) in [5, 5.41) is 15.4. The van der Waals surface area contributed by atoms with Gasteiger partial charge in [-0.15, -0.1) is 0 Å². The number of nitrogens with zero attached hydrogens (tertiary/aromatic N) is 1. The first-order valence-electron chi connectivity index (χ1n) is 8.85. The van der Waals surface area contributed by atoms with Gasteiger partial charge in [-0.2, -0.15) is 5.10 Å². The maximum absolute atomic E-state index is 13.0. The molecular formula is C22H17BrN2O4. The van der Waals surface area contributed by atoms with Crippen LogP contribution in [0, 0.1) is 0 Å². The van der Waals surface area contributed by atoms with Crippen molar-refractivity contribution in [1.82, 2.24) is 5.43 Å². The number of amides is 1. The number of carbonyl (C=O) groups excluding carboxylic acids is 1. The summed E-state index contributed by atoms with van der Waals surface area (Å²) in [5.41, 5.74) is 2.16. The summed E-state index contributed by atoms with van der Waals surface area (Å²) in [6.07, 6.45) is 1.47. The van der Waals surface area contributed by atoms with Crippen molar-refractivity contribution in [2.24, 2.45) is 5.10 Å². The Balaban J connectivity index is 1.60. The van der Waals surface area contributed by atoms with Crippen LogP contribution in [0.25, 0.3) is 0 Å². The minimum absolute atomic E-state index is 0.167. The molecule has 1 amide bonds. The Labute approximate surface area is 175 Å². The summed E-state index contributed by atoms with van der Waals surface area (Å²) in [7, 11) is 0. The highest BCUT2D eigenvalue weighted by molar-refractivity contribution is 9.10. The Morgan fingerprint density at radius 3 is 2.14 bits per heavy atom. The van der Waals surface area contributed by atoms with Crippen LogP contribution < -0.4 is 14.9 Å². The van der Waals surface area contributed by atoms with Crippen LogP contribution in [0.1, 0.15) is 16.7 Å². The van der Waals surface area contributed by atoms with Gasteiger partial charge in [0.05, 0.1) is 6.21 Å². The van der Waals surface area contributed by atoms with Crippen molar-refractivity contribution in [1.29, 1.82) is 0 Å². The molecule has 0 spiro atoms. The molecule has 0 aromatic heterocycles. The molecule has 0 fully saturated rings. The highest BCUT2D eigenvalue weighted by atomic mass is 79.9. The topological polar surface area (TPSA) is 80.2 Å². The fourth-order valence-corrected chi connectivity index (χ4v) is 3.49. The average molecular weight is 453 g/mol. The quantitative estimate of drug-likeness (QED) is 0.458. The first kappa shape index (κ1) is 19.2. The number of rotatable bonds is 5. The number of halogens is 1. The van der Waals surface area contributed by atoms with Gasteiger partial charge in [0.1, 0.15) is 0 Å². The summed E-state index contributed by atoms with van der Waals surface area (Å²) in [4.78, 5) is 13.0. The van der Waals surface area contributed by atoms with Gasteiger partial charge < -0.3 is 14.6 Å². The van der Waals surface area contributed by atoms with E-state index in [2.05, 4.69) is 26.5 Å². The number of ether oxygens (including phenoxy) is 2. The lowest BCUT2D eigenvalue weighted by molar-refractivity contribution is -0.136. The van der Waals surface area contributed by atoms with Crippen LogP contribution in [0.3, 0.4) is 0 Å². The van der Waals surface area contributed by atoms with Gasteiger partial charge >= 0.3 is 0 Å². The molecule has 1 heterocycles. The van der Waals surface area contributed by atoms with E-state index in [1.54, 1.807) is 60.7 Å². The molecule has 4 rings (SSSR count). The van der Waals surface area contributed by atoms with Gasteiger partial charge in [-0.05, 0) is 39.2 Å². The molecule has 2 N–H and O–H groups in total. The van der Waals surface area contributed by atoms with Crippen molar-refractivity contribution in [2.75, 3.05) is 6.79 Å². The minimum atomic E-state index is -1.88. The SMILES string of the molecule is O=C(N/N=C\c1cc2c(cc1Br)OCO2)C(O)(c1ccccc1)c1ccccc1. The smallest absolute Gasteiger partial charge is 0.281 e. The lowest BCUT2D eigenvalue weighted by Crippen LogP contribution is -2.43. The van der Waals surface area contributed by atoms with Gasteiger partial charge in [-0.3, -0.25) is 4.79 Å². The van der Waals surface area contributed by atoms with Gasteiger partial charge in [0.2, 0.25) is 6.79 Å². The molecule has 6 nitrogen and oxygen atoms in total. The van der Waals surface area contributed by atoms with Crippen molar-refractivity contribution in [3.8, 4) is 11.5 Å². The van der Waals surface area contributed by atoms with E-state index in [1.165, 1.54) is 6.21 Å². The number of hydrogen-bond donors (Lipinski definition) is 2. The second-order valence-electron chi connectivity index (χ2n) is 6.37. The van der Waals surface area contributed by atoms with Crippen LogP contribution in [0.4, 0.5) is 0 Å². The van der Waals surface area contributed by atoms with E-state index in [9.17, 15) is 9.90 Å². The zero-order chi connectivity index (χ0) is 20.3. The van der Waals surface area contributed by atoms with Crippen LogP contribution in [0.5, 0.6) is 11.5 Å². The van der Waals surface area contributed by atoms with Gasteiger partial charge in [0.15, 0.2) is 17.1 Å². The molecule has 0 radical (unpaired) electrons. The molecular weight excluding hydrogens is 436 g/mol. The van der Waals surface area contributed by atoms with Crippen LogP contribution in [-0.4, -0.2) is 24.0 Å². The average Bonchev–Trinajstić information content (AvgIpc) is 3.21. The summed E-state index contributed by atoms with van der Waals surface area (Å²) >= 11 is 3.44. The highest BCUT2D eigenvalue weighted by Crippen LogP contribution is 2.36. The molecule has 7 heteroatoms. The second-order valence-corrected chi connectivity index (χ2v) is 7.22. The summed E-state index contributed by atoms with van der Waals surface area (Å²) in [6.45, 7) is 0.167. The molecule has 0 aliphatic carbocycles. The van der Waals surface area contributed by atoms with Gasteiger partial charge in [0, 0.05) is 10.0 Å². The largest absolute Gasteiger partial charge is 0.454 e. The Kier molecular flexibility index (Phi) is 5.33. The Morgan fingerprint density at radius 1 is 1.00 bits per heavy atom. The van der Waals surface area contributed by atoms with Gasteiger partial charge in [0.25, 0.3) is 5.91 Å². The van der Waals surface area contributed by atoms with Crippen LogP contribution in [0.2, 0.25) is 0 Å². The summed E-state index contributed by atoms with van der Waals surface area (Å²) in [6, 6.07) is 21.0. The molecule has 0 atom stereocenters. The van der Waals surface area contributed by atoms with Crippen molar-refractivity contribution in [2.45, 2.75) is 5.60 Å². The fraction of sp³-hybridized carbons (Fsp3) is 0.0909. The predicted octanol–water partition coefficient (Wildman–Crippen LogP) is 3.56. The fourth-order valence-electron chi connectivity index (χ4n) is 3.06. The third-order valence-electron chi connectivity index (χ3n) is 4.57. The van der Waals surface area contributed by atoms with Crippen LogP contribution >= 0.6 is 15.9 Å². The molecule has 29 heavy (non-hydrogen) atoms. The number of benzene rings is 3. The molecule has 0 saturated heterocycles. The predicted molar refractivity (Wildman–Crippen MR) is 112 cm³/mol. The number of carbonyl (C=O) groups is 1. The number of fused-ring (bicyclic) bond motifs is 1. The molecule has 3 aromatic carbocycles.